The molecule has 0 unspecified atom stereocenters. The molecule has 0 aliphatic rings. The van der Waals surface area contributed by atoms with Gasteiger partial charge in [0.15, 0.2) is 0 Å². The predicted octanol–water partition coefficient (Wildman–Crippen LogP) is -0.407. The van der Waals surface area contributed by atoms with Crippen molar-refractivity contribution in [2.45, 2.75) is 0 Å². The molecule has 0 bridgehead atoms. The summed E-state index contributed by atoms with van der Waals surface area (Å²) in [5, 5.41) is 0. The average molecular weight is 134 g/mol. The van der Waals surface area contributed by atoms with Crippen molar-refractivity contribution in [2.24, 2.45) is 0 Å². The maximum Gasteiger partial charge on any atom is 0.0141 e. The van der Waals surface area contributed by atoms with Crippen LogP contribution in [-0.4, -0.2) is 36.7 Å². The summed E-state index contributed by atoms with van der Waals surface area (Å²) < 4.78 is 13.6. The first kappa shape index (κ1) is 10.3. The quantitative estimate of drug-likeness (QED) is 0.360. The van der Waals surface area contributed by atoms with E-state index in [1.807, 2.05) is 0 Å². The van der Waals surface area contributed by atoms with Crippen LogP contribution in [0.15, 0.2) is 0 Å². The zero-order valence-corrected chi connectivity index (χ0v) is 7.27. The second-order valence-electron chi connectivity index (χ2n) is 0.371. The predicted molar refractivity (Wildman–Crippen MR) is 28.2 cm³/mol. The Hall–Kier alpha value is 1.33. The zero-order valence-electron chi connectivity index (χ0n) is 3.63. The van der Waals surface area contributed by atoms with Crippen LogP contribution in [0.25, 0.3) is 0 Å². The molecule has 0 saturated carbocycles. The van der Waals surface area contributed by atoms with E-state index in [0.29, 0.717) is 0 Å². The molecule has 0 atom stereocenters. The minimum atomic E-state index is -1.49. The molecule has 0 aromatic carbocycles. The van der Waals surface area contributed by atoms with Gasteiger partial charge in [-0.2, -0.15) is 0 Å². The molecule has 0 fully saturated rings. The number of hydrogen-bond acceptors (Lipinski definition) is 4. The topological polar surface area (TPSA) is 26.3 Å². The van der Waals surface area contributed by atoms with Crippen LogP contribution in [0.1, 0.15) is 0 Å². The standard InChI is InChI=1S/CH3O2S2.Na/c1-3-5(2)4;/h1H3;/q-1;. The normalized spacial score (nSPS) is 7.67. The van der Waals surface area contributed by atoms with Gasteiger partial charge in [-0.3, -0.25) is 0 Å². The first-order chi connectivity index (χ1) is 2.27. The second-order valence-corrected chi connectivity index (χ2v) is 1.93. The Morgan fingerprint density at radius 1 is 1.83 bits per heavy atom. The van der Waals surface area contributed by atoms with E-state index in [9.17, 15) is 4.21 Å². The van der Waals surface area contributed by atoms with Gasteiger partial charge in [0.25, 0.3) is 0 Å². The molecule has 33 valence electrons. The van der Waals surface area contributed by atoms with Crippen LogP contribution >= 0.6 is 0 Å². The van der Waals surface area contributed by atoms with Gasteiger partial charge in [-0.25, -0.2) is 11.2 Å². The van der Waals surface area contributed by atoms with Gasteiger partial charge in [-0.1, -0.05) is 9.64 Å². The van der Waals surface area contributed by atoms with Crippen molar-refractivity contribution < 1.29 is 8.39 Å². The van der Waals surface area contributed by atoms with E-state index in [-0.39, 0.29) is 29.6 Å². The smallest absolute Gasteiger partial charge is 0.0141 e. The molecule has 0 aromatic heterocycles. The summed E-state index contributed by atoms with van der Waals surface area (Å²) >= 11 is 4.03. The van der Waals surface area contributed by atoms with Crippen molar-refractivity contribution in [3.8, 4) is 0 Å². The minimum Gasteiger partial charge on any atom is -0.446 e. The van der Waals surface area contributed by atoms with Crippen molar-refractivity contribution in [3.63, 3.8) is 0 Å². The van der Waals surface area contributed by atoms with Gasteiger partial charge in [-0.05, 0) is 0 Å². The number of hydrogen-bond donors (Lipinski definition) is 0. The molecule has 2 nitrogen and oxygen atoms in total. The maximum absolute atomic E-state index is 9.52. The largest absolute Gasteiger partial charge is 0.446 e. The van der Waals surface area contributed by atoms with Crippen molar-refractivity contribution in [2.75, 3.05) is 7.11 Å². The van der Waals surface area contributed by atoms with E-state index in [1.54, 1.807) is 0 Å². The average Bonchev–Trinajstić information content (AvgIpc) is 1.38. The van der Waals surface area contributed by atoms with E-state index in [2.05, 4.69) is 15.4 Å². The van der Waals surface area contributed by atoms with Crippen LogP contribution in [0.4, 0.5) is 0 Å². The summed E-state index contributed by atoms with van der Waals surface area (Å²) in [6.45, 7) is 0. The summed E-state index contributed by atoms with van der Waals surface area (Å²) in [7, 11) is -0.194. The van der Waals surface area contributed by atoms with Gasteiger partial charge in [0.05, 0.1) is 0 Å². The Kier molecular flexibility index (Phi) is 10.9. The fourth-order valence-corrected chi connectivity index (χ4v) is 0. The minimum absolute atomic E-state index is 0. The van der Waals surface area contributed by atoms with Crippen LogP contribution < -0.4 is 0 Å². The Bertz CT molecular complexity index is 69.6. The molecule has 0 rings (SSSR count). The van der Waals surface area contributed by atoms with Crippen LogP contribution in [0.2, 0.25) is 0 Å². The fraction of sp³-hybridized carbons (Fsp3) is 1.00. The van der Waals surface area contributed by atoms with Crippen molar-refractivity contribution in [3.05, 3.63) is 0 Å². The molecule has 0 aliphatic heterocycles. The monoisotopic (exact) mass is 134 g/mol. The van der Waals surface area contributed by atoms with Crippen LogP contribution in [0.3, 0.4) is 0 Å². The van der Waals surface area contributed by atoms with Gasteiger partial charge >= 0.3 is 0 Å². The summed E-state index contributed by atoms with van der Waals surface area (Å²) in [6.07, 6.45) is 0. The van der Waals surface area contributed by atoms with E-state index in [1.165, 1.54) is 7.11 Å². The molecule has 0 spiro atoms. The molecular weight excluding hydrogens is 131 g/mol. The van der Waals surface area contributed by atoms with Gasteiger partial charge in [-0.15, -0.1) is 0 Å². The second kappa shape index (κ2) is 6.33. The van der Waals surface area contributed by atoms with Crippen LogP contribution in [0.5, 0.6) is 0 Å². The molecular formula is CH3NaO2S2-. The summed E-state index contributed by atoms with van der Waals surface area (Å²) in [4.78, 5) is 0. The first-order valence-corrected chi connectivity index (χ1v) is 2.91. The maximum atomic E-state index is 9.52. The van der Waals surface area contributed by atoms with Gasteiger partial charge < -0.3 is 8.39 Å². The Balaban J connectivity index is 0. The van der Waals surface area contributed by atoms with Crippen molar-refractivity contribution >= 4 is 50.4 Å². The molecule has 0 amide bonds. The fourth-order valence-electron chi connectivity index (χ4n) is 0. The Morgan fingerprint density at radius 3 is 2.00 bits per heavy atom. The van der Waals surface area contributed by atoms with Crippen LogP contribution in [0, 0.1) is 0 Å². The van der Waals surface area contributed by atoms with Gasteiger partial charge in [0.2, 0.25) is 0 Å². The first-order valence-electron chi connectivity index (χ1n) is 0.908. The molecule has 0 N–H and O–H groups in total. The van der Waals surface area contributed by atoms with E-state index in [4.69, 9.17) is 0 Å². The summed E-state index contributed by atoms with van der Waals surface area (Å²) in [5.41, 5.74) is 0. The van der Waals surface area contributed by atoms with E-state index >= 15 is 0 Å². The summed E-state index contributed by atoms with van der Waals surface area (Å²) in [6, 6.07) is 0. The third kappa shape index (κ3) is 9.01. The molecule has 1 radical (unpaired) electrons. The van der Waals surface area contributed by atoms with Crippen LogP contribution in [-0.2, 0) is 29.2 Å². The SMILES string of the molecule is CO[S-](=O)=S.[Na]. The van der Waals surface area contributed by atoms with Crippen molar-refractivity contribution in [1.82, 2.24) is 0 Å². The Labute approximate surface area is 65.5 Å². The molecule has 6 heavy (non-hydrogen) atoms. The van der Waals surface area contributed by atoms with E-state index in [0.717, 1.165) is 0 Å². The third-order valence-corrected chi connectivity index (χ3v) is 0.816. The molecule has 0 heterocycles. The summed E-state index contributed by atoms with van der Waals surface area (Å²) in [5.74, 6) is 0. The van der Waals surface area contributed by atoms with E-state index < -0.39 is 9.64 Å². The third-order valence-electron chi connectivity index (χ3n) is 0.136. The Morgan fingerprint density at radius 2 is 2.00 bits per heavy atom. The van der Waals surface area contributed by atoms with Gasteiger partial charge in [0.1, 0.15) is 0 Å². The molecule has 5 heteroatoms. The zero-order chi connectivity index (χ0) is 4.28. The van der Waals surface area contributed by atoms with Crippen molar-refractivity contribution in [1.29, 1.82) is 0 Å². The number of rotatable bonds is 1. The molecule has 0 aromatic rings. The molecule has 0 saturated heterocycles. The molecule has 0 aliphatic carbocycles. The van der Waals surface area contributed by atoms with Gasteiger partial charge in [0, 0.05) is 36.7 Å².